The summed E-state index contributed by atoms with van der Waals surface area (Å²) in [5.41, 5.74) is 2.38. The number of hydrogen-bond acceptors (Lipinski definition) is 3. The summed E-state index contributed by atoms with van der Waals surface area (Å²) in [5, 5.41) is 7.75. The van der Waals surface area contributed by atoms with Crippen LogP contribution in [0, 0.1) is 0 Å². The van der Waals surface area contributed by atoms with Crippen LogP contribution >= 0.6 is 22.9 Å². The summed E-state index contributed by atoms with van der Waals surface area (Å²) in [5.74, 6) is -0.268. The predicted molar refractivity (Wildman–Crippen MR) is 131 cm³/mol. The number of rotatable bonds is 7. The standard InChI is InChI=1S/C26H27ClN2O2S/c27-21-11-13-23(14-12-21)29(24(30)17-19-15-16-32-18-19)25(20-7-3-1-4-8-20)26(31)28-22-9-5-2-6-10-22/h1,3-4,7-8,11-16,18,22,25H,2,5-6,9-10,17H2,(H,28,31). The molecule has 0 saturated heterocycles. The van der Waals surface area contributed by atoms with Crippen molar-refractivity contribution < 1.29 is 9.59 Å². The Morgan fingerprint density at radius 1 is 1.00 bits per heavy atom. The summed E-state index contributed by atoms with van der Waals surface area (Å²) in [6.07, 6.45) is 5.66. The van der Waals surface area contributed by atoms with E-state index in [1.165, 1.54) is 6.42 Å². The first-order valence-electron chi connectivity index (χ1n) is 11.1. The Kier molecular flexibility index (Phi) is 7.61. The van der Waals surface area contributed by atoms with Gasteiger partial charge in [0.15, 0.2) is 0 Å². The highest BCUT2D eigenvalue weighted by molar-refractivity contribution is 7.08. The molecule has 0 bridgehead atoms. The Bertz CT molecular complexity index is 1020. The molecule has 1 atom stereocenters. The zero-order valence-electron chi connectivity index (χ0n) is 17.9. The number of hydrogen-bond donors (Lipinski definition) is 1. The molecule has 0 spiro atoms. The second kappa shape index (κ2) is 10.8. The quantitative estimate of drug-likeness (QED) is 0.452. The third-order valence-electron chi connectivity index (χ3n) is 5.88. The van der Waals surface area contributed by atoms with Crippen molar-refractivity contribution in [1.82, 2.24) is 5.32 Å². The minimum atomic E-state index is -0.759. The first-order valence-corrected chi connectivity index (χ1v) is 12.4. The molecule has 2 aromatic carbocycles. The van der Waals surface area contributed by atoms with E-state index < -0.39 is 6.04 Å². The van der Waals surface area contributed by atoms with E-state index in [2.05, 4.69) is 5.32 Å². The van der Waals surface area contributed by atoms with E-state index in [1.807, 2.05) is 47.2 Å². The number of anilines is 1. The molecule has 1 unspecified atom stereocenters. The maximum Gasteiger partial charge on any atom is 0.248 e. The second-order valence-electron chi connectivity index (χ2n) is 8.21. The van der Waals surface area contributed by atoms with Crippen LogP contribution in [0.25, 0.3) is 0 Å². The lowest BCUT2D eigenvalue weighted by Gasteiger charge is -2.33. The van der Waals surface area contributed by atoms with Gasteiger partial charge < -0.3 is 5.32 Å². The number of carbonyl (C=O) groups is 2. The van der Waals surface area contributed by atoms with Crippen molar-refractivity contribution in [1.29, 1.82) is 0 Å². The van der Waals surface area contributed by atoms with Crippen LogP contribution in [0.4, 0.5) is 5.69 Å². The van der Waals surface area contributed by atoms with Crippen LogP contribution in [-0.4, -0.2) is 17.9 Å². The van der Waals surface area contributed by atoms with Gasteiger partial charge in [0.2, 0.25) is 11.8 Å². The van der Waals surface area contributed by atoms with Gasteiger partial charge >= 0.3 is 0 Å². The molecule has 1 N–H and O–H groups in total. The molecular formula is C26H27ClN2O2S. The molecule has 1 aliphatic carbocycles. The smallest absolute Gasteiger partial charge is 0.248 e. The van der Waals surface area contributed by atoms with Gasteiger partial charge in [-0.2, -0.15) is 11.3 Å². The van der Waals surface area contributed by atoms with E-state index in [0.29, 0.717) is 10.7 Å². The molecule has 1 heterocycles. The highest BCUT2D eigenvalue weighted by Gasteiger charge is 2.34. The van der Waals surface area contributed by atoms with Crippen LogP contribution in [0.15, 0.2) is 71.4 Å². The van der Waals surface area contributed by atoms with Gasteiger partial charge in [-0.25, -0.2) is 0 Å². The monoisotopic (exact) mass is 466 g/mol. The van der Waals surface area contributed by atoms with Crippen LogP contribution in [0.3, 0.4) is 0 Å². The molecule has 1 aliphatic rings. The molecule has 0 aliphatic heterocycles. The largest absolute Gasteiger partial charge is 0.351 e. The Labute approximate surface area is 198 Å². The summed E-state index contributed by atoms with van der Waals surface area (Å²) in [4.78, 5) is 28.9. The van der Waals surface area contributed by atoms with Gasteiger partial charge in [0, 0.05) is 16.8 Å². The van der Waals surface area contributed by atoms with Gasteiger partial charge in [-0.05, 0) is 65.1 Å². The van der Waals surface area contributed by atoms with Gasteiger partial charge in [0.1, 0.15) is 6.04 Å². The van der Waals surface area contributed by atoms with Crippen LogP contribution in [0.5, 0.6) is 0 Å². The molecular weight excluding hydrogens is 440 g/mol. The first-order chi connectivity index (χ1) is 15.6. The summed E-state index contributed by atoms with van der Waals surface area (Å²) in [7, 11) is 0. The SMILES string of the molecule is O=C(NC1CCCCC1)C(c1ccccc1)N(C(=O)Cc1ccsc1)c1ccc(Cl)cc1. The minimum Gasteiger partial charge on any atom is -0.351 e. The van der Waals surface area contributed by atoms with E-state index in [-0.39, 0.29) is 24.3 Å². The van der Waals surface area contributed by atoms with Crippen molar-refractivity contribution >= 4 is 40.4 Å². The van der Waals surface area contributed by atoms with Gasteiger partial charge in [-0.3, -0.25) is 14.5 Å². The number of nitrogens with one attached hydrogen (secondary N) is 1. The Morgan fingerprint density at radius 3 is 2.38 bits per heavy atom. The number of nitrogens with zero attached hydrogens (tertiary/aromatic N) is 1. The lowest BCUT2D eigenvalue weighted by Crippen LogP contribution is -2.47. The third-order valence-corrected chi connectivity index (χ3v) is 6.87. The zero-order chi connectivity index (χ0) is 22.3. The molecule has 3 aromatic rings. The van der Waals surface area contributed by atoms with E-state index in [9.17, 15) is 9.59 Å². The summed E-state index contributed by atoms with van der Waals surface area (Å²) in [6, 6.07) is 18.0. The normalized spacial score (nSPS) is 15.2. The average molecular weight is 467 g/mol. The molecule has 0 radical (unpaired) electrons. The molecule has 1 saturated carbocycles. The maximum atomic E-state index is 13.7. The van der Waals surface area contributed by atoms with Gasteiger partial charge in [0.05, 0.1) is 6.42 Å². The highest BCUT2D eigenvalue weighted by Crippen LogP contribution is 2.31. The number of thiophene rings is 1. The summed E-state index contributed by atoms with van der Waals surface area (Å²) in [6.45, 7) is 0. The summed E-state index contributed by atoms with van der Waals surface area (Å²) < 4.78 is 0. The fraction of sp³-hybridized carbons (Fsp3) is 0.308. The van der Waals surface area contributed by atoms with E-state index >= 15 is 0 Å². The molecule has 4 rings (SSSR count). The van der Waals surface area contributed by atoms with Crippen molar-refractivity contribution in [2.75, 3.05) is 4.90 Å². The topological polar surface area (TPSA) is 49.4 Å². The first kappa shape index (κ1) is 22.6. The van der Waals surface area contributed by atoms with Crippen molar-refractivity contribution in [3.05, 3.63) is 87.6 Å². The van der Waals surface area contributed by atoms with E-state index in [1.54, 1.807) is 40.5 Å². The summed E-state index contributed by atoms with van der Waals surface area (Å²) >= 11 is 7.68. The van der Waals surface area contributed by atoms with Crippen molar-refractivity contribution in [3.8, 4) is 0 Å². The fourth-order valence-corrected chi connectivity index (χ4v) is 5.07. The second-order valence-corrected chi connectivity index (χ2v) is 9.42. The molecule has 6 heteroatoms. The van der Waals surface area contributed by atoms with Crippen LogP contribution < -0.4 is 10.2 Å². The van der Waals surface area contributed by atoms with Crippen LogP contribution in [0.1, 0.15) is 49.3 Å². The van der Waals surface area contributed by atoms with E-state index in [0.717, 1.165) is 36.8 Å². The van der Waals surface area contributed by atoms with Crippen LogP contribution in [0.2, 0.25) is 5.02 Å². The molecule has 4 nitrogen and oxygen atoms in total. The lowest BCUT2D eigenvalue weighted by atomic mass is 9.94. The fourth-order valence-electron chi connectivity index (χ4n) is 4.27. The van der Waals surface area contributed by atoms with Crippen molar-refractivity contribution in [2.24, 2.45) is 0 Å². The number of carbonyl (C=O) groups excluding carboxylic acids is 2. The molecule has 1 aromatic heterocycles. The molecule has 2 amide bonds. The van der Waals surface area contributed by atoms with E-state index in [4.69, 9.17) is 11.6 Å². The zero-order valence-corrected chi connectivity index (χ0v) is 19.4. The van der Waals surface area contributed by atoms with Gasteiger partial charge in [-0.1, -0.05) is 61.2 Å². The molecule has 166 valence electrons. The highest BCUT2D eigenvalue weighted by atomic mass is 35.5. The van der Waals surface area contributed by atoms with Gasteiger partial charge in [-0.15, -0.1) is 0 Å². The van der Waals surface area contributed by atoms with Crippen molar-refractivity contribution in [2.45, 2.75) is 50.6 Å². The minimum absolute atomic E-state index is 0.127. The molecule has 1 fully saturated rings. The number of benzene rings is 2. The Morgan fingerprint density at radius 2 is 1.72 bits per heavy atom. The Hall–Kier alpha value is -2.63. The third kappa shape index (κ3) is 5.59. The maximum absolute atomic E-state index is 13.7. The van der Waals surface area contributed by atoms with Crippen LogP contribution in [-0.2, 0) is 16.0 Å². The number of halogens is 1. The molecule has 32 heavy (non-hydrogen) atoms. The predicted octanol–water partition coefficient (Wildman–Crippen LogP) is 6.17. The van der Waals surface area contributed by atoms with Crippen molar-refractivity contribution in [3.63, 3.8) is 0 Å². The lowest BCUT2D eigenvalue weighted by molar-refractivity contribution is -0.127. The van der Waals surface area contributed by atoms with Gasteiger partial charge in [0.25, 0.3) is 0 Å². The Balaban J connectivity index is 1.71. The average Bonchev–Trinajstić information content (AvgIpc) is 3.32. The number of amides is 2.